The second kappa shape index (κ2) is 9.16. The number of carbonyl (C=O) groups is 2. The van der Waals surface area contributed by atoms with Gasteiger partial charge in [-0.05, 0) is 11.6 Å². The van der Waals surface area contributed by atoms with Gasteiger partial charge < -0.3 is 24.0 Å². The van der Waals surface area contributed by atoms with Gasteiger partial charge in [0.25, 0.3) is 0 Å². The lowest BCUT2D eigenvalue weighted by atomic mass is 10.0. The molecule has 0 radical (unpaired) electrons. The van der Waals surface area contributed by atoms with Crippen molar-refractivity contribution in [3.63, 3.8) is 0 Å². The summed E-state index contributed by atoms with van der Waals surface area (Å²) in [6.07, 6.45) is -0.00785. The van der Waals surface area contributed by atoms with Crippen molar-refractivity contribution < 1.29 is 23.8 Å². The largest absolute Gasteiger partial charge is 0.495 e. The highest BCUT2D eigenvalue weighted by Crippen LogP contribution is 2.40. The molecule has 7 nitrogen and oxygen atoms in total. The van der Waals surface area contributed by atoms with E-state index in [1.165, 1.54) is 14.2 Å². The van der Waals surface area contributed by atoms with Gasteiger partial charge in [0.15, 0.2) is 0 Å². The average molecular weight is 445 g/mol. The molecule has 2 aromatic rings. The molecule has 164 valence electrons. The van der Waals surface area contributed by atoms with E-state index < -0.39 is 5.92 Å². The maximum Gasteiger partial charge on any atom is 0.228 e. The molecule has 0 unspecified atom stereocenters. The number of morpholine rings is 1. The monoisotopic (exact) mass is 444 g/mol. The van der Waals surface area contributed by atoms with Crippen LogP contribution < -0.4 is 14.4 Å². The van der Waals surface area contributed by atoms with Crippen LogP contribution in [0.3, 0.4) is 0 Å². The minimum atomic E-state index is -0.424. The van der Waals surface area contributed by atoms with Crippen molar-refractivity contribution >= 4 is 29.1 Å². The summed E-state index contributed by atoms with van der Waals surface area (Å²) in [4.78, 5) is 29.4. The Labute approximate surface area is 186 Å². The van der Waals surface area contributed by atoms with E-state index in [4.69, 9.17) is 25.8 Å². The summed E-state index contributed by atoms with van der Waals surface area (Å²) in [6.45, 7) is 1.75. The van der Waals surface area contributed by atoms with Crippen LogP contribution in [0.15, 0.2) is 42.5 Å². The van der Waals surface area contributed by atoms with Gasteiger partial charge in [0.1, 0.15) is 17.6 Å². The summed E-state index contributed by atoms with van der Waals surface area (Å²) in [5.74, 6) is 0.344. The number of carbonyl (C=O) groups excluding carboxylic acids is 2. The van der Waals surface area contributed by atoms with Crippen LogP contribution in [-0.4, -0.2) is 57.2 Å². The molecule has 2 fully saturated rings. The van der Waals surface area contributed by atoms with E-state index in [1.54, 1.807) is 21.9 Å². The van der Waals surface area contributed by atoms with Gasteiger partial charge in [0, 0.05) is 25.6 Å². The molecule has 2 aliphatic heterocycles. The SMILES string of the molecule is COc1cc(OC)c(N2C[C@H](C(=O)N3CCO[C@H](c4ccccc4)C3)CC2=O)cc1Cl. The zero-order chi connectivity index (χ0) is 22.0. The van der Waals surface area contributed by atoms with Crippen molar-refractivity contribution in [1.82, 2.24) is 4.90 Å². The molecule has 2 aliphatic rings. The van der Waals surface area contributed by atoms with Crippen LogP contribution in [0.5, 0.6) is 11.5 Å². The van der Waals surface area contributed by atoms with Crippen molar-refractivity contribution in [2.45, 2.75) is 12.5 Å². The van der Waals surface area contributed by atoms with Crippen LogP contribution in [0, 0.1) is 5.92 Å². The van der Waals surface area contributed by atoms with E-state index in [-0.39, 0.29) is 30.9 Å². The Morgan fingerprint density at radius 3 is 2.55 bits per heavy atom. The maximum atomic E-state index is 13.2. The molecule has 0 N–H and O–H groups in total. The van der Waals surface area contributed by atoms with E-state index >= 15 is 0 Å². The Balaban J connectivity index is 1.49. The standard InChI is InChI=1S/C23H25ClN2O5/c1-29-19-12-20(30-2)18(11-17(19)24)26-13-16(10-22(26)27)23(28)25-8-9-31-21(14-25)15-6-4-3-5-7-15/h3-7,11-12,16,21H,8-10,13-14H2,1-2H3/t16-,21+/m1/s1. The van der Waals surface area contributed by atoms with Crippen LogP contribution >= 0.6 is 11.6 Å². The fraction of sp³-hybridized carbons (Fsp3) is 0.391. The Kier molecular flexibility index (Phi) is 6.34. The van der Waals surface area contributed by atoms with Crippen molar-refractivity contribution in [3.05, 3.63) is 53.1 Å². The molecule has 2 saturated heterocycles. The summed E-state index contributed by atoms with van der Waals surface area (Å²) in [6, 6.07) is 13.2. The Hall–Kier alpha value is -2.77. The number of anilines is 1. The van der Waals surface area contributed by atoms with Crippen molar-refractivity contribution in [2.24, 2.45) is 5.92 Å². The Morgan fingerprint density at radius 2 is 1.84 bits per heavy atom. The number of hydrogen-bond donors (Lipinski definition) is 0. The van der Waals surface area contributed by atoms with Crippen LogP contribution in [0.1, 0.15) is 18.1 Å². The maximum absolute atomic E-state index is 13.2. The highest BCUT2D eigenvalue weighted by molar-refractivity contribution is 6.32. The van der Waals surface area contributed by atoms with E-state index in [0.29, 0.717) is 41.9 Å². The summed E-state index contributed by atoms with van der Waals surface area (Å²) < 4.78 is 16.5. The lowest BCUT2D eigenvalue weighted by molar-refractivity contribution is -0.143. The van der Waals surface area contributed by atoms with E-state index in [2.05, 4.69) is 0 Å². The number of rotatable bonds is 5. The van der Waals surface area contributed by atoms with Gasteiger partial charge in [-0.25, -0.2) is 0 Å². The highest BCUT2D eigenvalue weighted by Gasteiger charge is 2.39. The van der Waals surface area contributed by atoms with E-state index in [1.807, 2.05) is 30.3 Å². The third kappa shape index (κ3) is 4.34. The molecular formula is C23H25ClN2O5. The molecule has 8 heteroatoms. The third-order valence-electron chi connectivity index (χ3n) is 5.77. The molecule has 0 bridgehead atoms. The number of halogens is 1. The minimum absolute atomic E-state index is 0.0290. The second-order valence-electron chi connectivity index (χ2n) is 7.62. The zero-order valence-electron chi connectivity index (χ0n) is 17.5. The van der Waals surface area contributed by atoms with Gasteiger partial charge in [-0.1, -0.05) is 41.9 Å². The van der Waals surface area contributed by atoms with Crippen molar-refractivity contribution in [2.75, 3.05) is 45.4 Å². The molecule has 2 atom stereocenters. The lowest BCUT2D eigenvalue weighted by Gasteiger charge is -2.34. The van der Waals surface area contributed by atoms with E-state index in [9.17, 15) is 9.59 Å². The minimum Gasteiger partial charge on any atom is -0.495 e. The van der Waals surface area contributed by atoms with Gasteiger partial charge >= 0.3 is 0 Å². The fourth-order valence-corrected chi connectivity index (χ4v) is 4.37. The number of nitrogens with zero attached hydrogens (tertiary/aromatic N) is 2. The van der Waals surface area contributed by atoms with Crippen LogP contribution in [0.2, 0.25) is 5.02 Å². The molecule has 2 aromatic carbocycles. The van der Waals surface area contributed by atoms with Gasteiger partial charge in [-0.2, -0.15) is 0 Å². The topological polar surface area (TPSA) is 68.3 Å². The lowest BCUT2D eigenvalue weighted by Crippen LogP contribution is -2.45. The molecule has 0 spiro atoms. The molecule has 31 heavy (non-hydrogen) atoms. The molecule has 0 aromatic heterocycles. The number of ether oxygens (including phenoxy) is 3. The molecular weight excluding hydrogens is 420 g/mol. The van der Waals surface area contributed by atoms with E-state index in [0.717, 1.165) is 5.56 Å². The molecule has 2 heterocycles. The normalized spacial score (nSPS) is 21.3. The Morgan fingerprint density at radius 1 is 1.10 bits per heavy atom. The quantitative estimate of drug-likeness (QED) is 0.707. The third-order valence-corrected chi connectivity index (χ3v) is 6.06. The summed E-state index contributed by atoms with van der Waals surface area (Å²) in [5, 5.41) is 0.375. The summed E-state index contributed by atoms with van der Waals surface area (Å²) in [5.41, 5.74) is 1.58. The highest BCUT2D eigenvalue weighted by atomic mass is 35.5. The zero-order valence-corrected chi connectivity index (χ0v) is 18.3. The fourth-order valence-electron chi connectivity index (χ4n) is 4.14. The van der Waals surface area contributed by atoms with Gasteiger partial charge in [0.2, 0.25) is 11.8 Å². The molecule has 0 aliphatic carbocycles. The van der Waals surface area contributed by atoms with Crippen molar-refractivity contribution in [3.8, 4) is 11.5 Å². The summed E-state index contributed by atoms with van der Waals surface area (Å²) in [7, 11) is 3.04. The van der Waals surface area contributed by atoms with Gasteiger partial charge in [-0.15, -0.1) is 0 Å². The van der Waals surface area contributed by atoms with Crippen LogP contribution in [0.4, 0.5) is 5.69 Å². The van der Waals surface area contributed by atoms with Gasteiger partial charge in [-0.3, -0.25) is 9.59 Å². The molecule has 0 saturated carbocycles. The first kappa shape index (κ1) is 21.5. The molecule has 4 rings (SSSR count). The van der Waals surface area contributed by atoms with Crippen molar-refractivity contribution in [1.29, 1.82) is 0 Å². The first-order valence-electron chi connectivity index (χ1n) is 10.2. The first-order valence-corrected chi connectivity index (χ1v) is 10.6. The summed E-state index contributed by atoms with van der Waals surface area (Å²) >= 11 is 6.27. The second-order valence-corrected chi connectivity index (χ2v) is 8.03. The number of amides is 2. The predicted molar refractivity (Wildman–Crippen MR) is 117 cm³/mol. The Bertz CT molecular complexity index is 968. The van der Waals surface area contributed by atoms with Crippen LogP contribution in [0.25, 0.3) is 0 Å². The number of benzene rings is 2. The smallest absolute Gasteiger partial charge is 0.228 e. The molecule has 2 amide bonds. The average Bonchev–Trinajstić information content (AvgIpc) is 3.20. The predicted octanol–water partition coefficient (Wildman–Crippen LogP) is 3.31. The van der Waals surface area contributed by atoms with Crippen LogP contribution in [-0.2, 0) is 14.3 Å². The number of hydrogen-bond acceptors (Lipinski definition) is 5. The van der Waals surface area contributed by atoms with Gasteiger partial charge in [0.05, 0.1) is 44.0 Å². The number of methoxy groups -OCH3 is 2. The first-order chi connectivity index (χ1) is 15.0.